The van der Waals surface area contributed by atoms with Gasteiger partial charge in [-0.25, -0.2) is 0 Å². The van der Waals surface area contributed by atoms with Crippen molar-refractivity contribution in [2.24, 2.45) is 0 Å². The van der Waals surface area contributed by atoms with Crippen LogP contribution in [-0.4, -0.2) is 34.5 Å². The molecular weight excluding hydrogens is 594 g/mol. The van der Waals surface area contributed by atoms with E-state index in [4.69, 9.17) is 29.1 Å². The Morgan fingerprint density at radius 3 is 0.677 bits per heavy atom. The fraction of sp³-hybridized carbons (Fsp3) is 1.00. The van der Waals surface area contributed by atoms with Gasteiger partial charge in [0, 0.05) is 0 Å². The minimum absolute atomic E-state index is 0.504. The van der Waals surface area contributed by atoms with E-state index in [9.17, 15) is 0 Å². The zero-order chi connectivity index (χ0) is 23.9. The first kappa shape index (κ1) is 33.5. The molecule has 0 aliphatic heterocycles. The molecule has 0 spiro atoms. The first-order valence-electron chi connectivity index (χ1n) is 13.0. The summed E-state index contributed by atoms with van der Waals surface area (Å²) >= 11 is 0. The Hall–Kier alpha value is 2.54. The molecule has 0 rings (SSSR count). The quantitative estimate of drug-likeness (QED) is 0.0799. The number of unbranched alkanes of at least 4 members (excludes halogenated alkanes) is 6. The van der Waals surface area contributed by atoms with E-state index in [1.54, 1.807) is 0 Å². The van der Waals surface area contributed by atoms with Gasteiger partial charge in [0.05, 0.1) is 0 Å². The average Bonchev–Trinajstić information content (AvgIpc) is 2.73. The number of halogens is 3. The Labute approximate surface area is 212 Å². The van der Waals surface area contributed by atoms with E-state index >= 15 is 0 Å². The average molecular weight is 651 g/mol. The maximum absolute atomic E-state index is 8.35. The van der Waals surface area contributed by atoms with Crippen LogP contribution in [0.5, 0.6) is 0 Å². The van der Waals surface area contributed by atoms with E-state index in [0.29, 0.717) is 0 Å². The molecule has 0 unspecified atom stereocenters. The van der Waals surface area contributed by atoms with Gasteiger partial charge in [-0.1, -0.05) is 0 Å². The monoisotopic (exact) mass is 649 g/mol. The van der Waals surface area contributed by atoms with E-state index in [2.05, 4.69) is 41.5 Å². The molecular formula is C24H57Cl3RhS3. The van der Waals surface area contributed by atoms with Gasteiger partial charge < -0.3 is 0 Å². The van der Waals surface area contributed by atoms with Crippen LogP contribution < -0.4 is 0 Å². The molecule has 0 aromatic carbocycles. The van der Waals surface area contributed by atoms with Gasteiger partial charge >= 0.3 is 215 Å². The molecule has 0 radical (unpaired) electrons. The normalized spacial score (nSPS) is 16.0. The summed E-state index contributed by atoms with van der Waals surface area (Å²) in [6, 6.07) is 0. The molecule has 0 fully saturated rings. The molecule has 0 N–H and O–H groups in total. The molecule has 0 aliphatic carbocycles. The van der Waals surface area contributed by atoms with Crippen LogP contribution in [0.1, 0.15) is 119 Å². The summed E-state index contributed by atoms with van der Waals surface area (Å²) in [6.07, 6.45) is 14.8. The second-order valence-electron chi connectivity index (χ2n) is 8.62. The summed E-state index contributed by atoms with van der Waals surface area (Å²) in [4.78, 5) is 0. The molecule has 31 heavy (non-hydrogen) atoms. The molecule has 0 bridgehead atoms. The first-order chi connectivity index (χ1) is 14.6. The van der Waals surface area contributed by atoms with Crippen LogP contribution in [0, 0.1) is 0 Å². The number of rotatable bonds is 21. The van der Waals surface area contributed by atoms with Gasteiger partial charge in [0.2, 0.25) is 0 Å². The Bertz CT molecular complexity index is 382. The molecule has 0 aliphatic rings. The van der Waals surface area contributed by atoms with E-state index < -0.39 is 32.5 Å². The van der Waals surface area contributed by atoms with Crippen LogP contribution in [0.15, 0.2) is 0 Å². The van der Waals surface area contributed by atoms with Crippen molar-refractivity contribution in [2.45, 2.75) is 119 Å². The molecule has 0 atom stereocenters. The van der Waals surface area contributed by atoms with Crippen molar-refractivity contribution in [3.8, 4) is 0 Å². The van der Waals surface area contributed by atoms with Crippen LogP contribution >= 0.6 is 55.7 Å². The second kappa shape index (κ2) is 16.3. The second-order valence-corrected chi connectivity index (χ2v) is 67.6. The van der Waals surface area contributed by atoms with E-state index in [-0.39, 0.29) is 0 Å². The molecule has 201 valence electrons. The fourth-order valence-electron chi connectivity index (χ4n) is 3.58. The van der Waals surface area contributed by atoms with E-state index in [1.165, 1.54) is 112 Å². The maximum atomic E-state index is 8.35. The third-order valence-corrected chi connectivity index (χ3v) is 84.1. The predicted molar refractivity (Wildman–Crippen MR) is 163 cm³/mol. The third-order valence-electron chi connectivity index (χ3n) is 5.75. The van der Waals surface area contributed by atoms with E-state index in [1.807, 2.05) is 0 Å². The Kier molecular flexibility index (Phi) is 17.7. The van der Waals surface area contributed by atoms with Crippen LogP contribution in [0.2, 0.25) is 0 Å². The van der Waals surface area contributed by atoms with Crippen molar-refractivity contribution in [3.63, 3.8) is 0 Å². The molecule has 0 amide bonds. The molecule has 0 nitrogen and oxygen atoms in total. The summed E-state index contributed by atoms with van der Waals surface area (Å²) < 4.78 is 0. The zero-order valence-corrected chi connectivity index (χ0v) is 28.1. The number of hydrogen-bond donors (Lipinski definition) is 3. The molecule has 7 heteroatoms. The van der Waals surface area contributed by atoms with Crippen molar-refractivity contribution >= 4 is 55.7 Å². The SMILES string of the molecule is CCCC[SH](CCCC)[Rh]([Cl])([Cl])([Cl])([SH](CCCC)CCCC)[SH](CCCC)CCCC. The van der Waals surface area contributed by atoms with Crippen LogP contribution in [0.4, 0.5) is 0 Å². The fourth-order valence-corrected chi connectivity index (χ4v) is 81.1. The van der Waals surface area contributed by atoms with Gasteiger partial charge in [0.25, 0.3) is 0 Å². The van der Waals surface area contributed by atoms with Crippen molar-refractivity contribution in [1.82, 2.24) is 0 Å². The molecule has 0 saturated carbocycles. The Morgan fingerprint density at radius 2 is 0.548 bits per heavy atom. The van der Waals surface area contributed by atoms with Crippen LogP contribution in [-0.2, 0) is 5.80 Å². The van der Waals surface area contributed by atoms with Crippen molar-refractivity contribution < 1.29 is 5.80 Å². The number of thiol groups is 3. The van der Waals surface area contributed by atoms with Crippen molar-refractivity contribution in [2.75, 3.05) is 34.5 Å². The first-order valence-corrected chi connectivity index (χ1v) is 30.6. The predicted octanol–water partition coefficient (Wildman–Crippen LogP) is 11.2. The van der Waals surface area contributed by atoms with Gasteiger partial charge in [0.1, 0.15) is 0 Å². The van der Waals surface area contributed by atoms with Gasteiger partial charge in [-0.3, -0.25) is 0 Å². The van der Waals surface area contributed by atoms with Gasteiger partial charge in [-0.05, 0) is 0 Å². The molecule has 0 aromatic rings. The Morgan fingerprint density at radius 1 is 0.387 bits per heavy atom. The number of hydrogen-bond acceptors (Lipinski definition) is 0. The Balaban J connectivity index is 6.73. The summed E-state index contributed by atoms with van der Waals surface area (Å²) in [6.45, 7) is 13.9. The topological polar surface area (TPSA) is 0 Å². The van der Waals surface area contributed by atoms with Gasteiger partial charge in [-0.15, -0.1) is 0 Å². The van der Waals surface area contributed by atoms with Crippen LogP contribution in [0.3, 0.4) is 0 Å². The summed E-state index contributed by atoms with van der Waals surface area (Å²) in [7, 11) is 23.5. The summed E-state index contributed by atoms with van der Waals surface area (Å²) in [5, 5.41) is 0. The summed E-state index contributed by atoms with van der Waals surface area (Å²) in [5.41, 5.74) is 0. The summed E-state index contributed by atoms with van der Waals surface area (Å²) in [5.74, 6) is 2.75. The van der Waals surface area contributed by atoms with Crippen molar-refractivity contribution in [1.29, 1.82) is 0 Å². The third kappa shape index (κ3) is 9.50. The molecule has 0 saturated heterocycles. The standard InChI is InChI=1S/3C8H18S.3ClH.Rh/c3*1-3-5-7-9-8-6-4-2;;;;/h3*3-8H2,1-2H3;3*1H;. The minimum atomic E-state index is -4.54. The molecule has 0 heterocycles. The van der Waals surface area contributed by atoms with Gasteiger partial charge in [-0.2, -0.15) is 0 Å². The molecule has 0 aromatic heterocycles. The van der Waals surface area contributed by atoms with E-state index in [0.717, 1.165) is 0 Å². The van der Waals surface area contributed by atoms with Gasteiger partial charge in [0.15, 0.2) is 0 Å². The zero-order valence-electron chi connectivity index (χ0n) is 21.5. The van der Waals surface area contributed by atoms with Crippen LogP contribution in [0.25, 0.3) is 0 Å². The van der Waals surface area contributed by atoms with Crippen molar-refractivity contribution in [3.05, 3.63) is 0 Å².